The zero-order chi connectivity index (χ0) is 16.1. The maximum Gasteiger partial charge on any atom is 0.304 e. The summed E-state index contributed by atoms with van der Waals surface area (Å²) in [5.41, 5.74) is 1.48. The number of carbonyl (C=O) groups excluding carboxylic acids is 1. The maximum atomic E-state index is 12.4. The van der Waals surface area contributed by atoms with Gasteiger partial charge in [0.2, 0.25) is 5.91 Å². The fraction of sp³-hybridized carbons (Fsp3) is 0.353. The third kappa shape index (κ3) is 3.10. The van der Waals surface area contributed by atoms with E-state index in [4.69, 9.17) is 10.00 Å². The Labute approximate surface area is 129 Å². The average molecular weight is 295 g/mol. The van der Waals surface area contributed by atoms with Crippen molar-refractivity contribution in [1.82, 2.24) is 9.55 Å². The number of fused-ring (bicyclic) bond motifs is 1. The smallest absolute Gasteiger partial charge is 0.304 e. The molecule has 0 bridgehead atoms. The predicted molar refractivity (Wildman–Crippen MR) is 83.5 cm³/mol. The molecule has 0 aliphatic carbocycles. The summed E-state index contributed by atoms with van der Waals surface area (Å²) in [6.45, 7) is 4.01. The summed E-state index contributed by atoms with van der Waals surface area (Å²) in [4.78, 5) is 16.7. The molecule has 2 rings (SSSR count). The lowest BCUT2D eigenvalue weighted by atomic mass is 10.2. The molecule has 0 saturated carbocycles. The van der Waals surface area contributed by atoms with E-state index in [2.05, 4.69) is 22.9 Å². The monoisotopic (exact) mass is 295 g/mol. The Morgan fingerprint density at radius 2 is 2.23 bits per heavy atom. The molecular formula is C17H17N3O2. The number of hydrogen-bond acceptors (Lipinski definition) is 4. The number of benzene rings is 1. The Hall–Kier alpha value is -2.79. The second kappa shape index (κ2) is 6.78. The van der Waals surface area contributed by atoms with Crippen molar-refractivity contribution in [2.24, 2.45) is 5.92 Å². The van der Waals surface area contributed by atoms with Crippen LogP contribution < -0.4 is 4.74 Å². The summed E-state index contributed by atoms with van der Waals surface area (Å²) < 4.78 is 6.59. The Bertz CT molecular complexity index is 801. The van der Waals surface area contributed by atoms with E-state index in [-0.39, 0.29) is 24.3 Å². The zero-order valence-electron chi connectivity index (χ0n) is 12.9. The van der Waals surface area contributed by atoms with Gasteiger partial charge in [0.05, 0.1) is 18.2 Å². The Kier molecular flexibility index (Phi) is 4.80. The third-order valence-corrected chi connectivity index (χ3v) is 3.06. The van der Waals surface area contributed by atoms with Crippen LogP contribution in [0.5, 0.6) is 6.01 Å². The molecule has 2 aromatic rings. The molecule has 1 heterocycles. The number of nitrogens with zero attached hydrogens (tertiary/aromatic N) is 3. The number of ether oxygens (including phenoxy) is 1. The predicted octanol–water partition coefficient (Wildman–Crippen LogP) is 3.00. The molecule has 5 nitrogen and oxygen atoms in total. The van der Waals surface area contributed by atoms with Crippen molar-refractivity contribution in [3.63, 3.8) is 0 Å². The summed E-state index contributed by atoms with van der Waals surface area (Å²) in [5, 5.41) is 9.13. The molecule has 1 aromatic carbocycles. The molecule has 0 saturated heterocycles. The van der Waals surface area contributed by atoms with Gasteiger partial charge in [-0.2, -0.15) is 10.2 Å². The summed E-state index contributed by atoms with van der Waals surface area (Å²) in [6.07, 6.45) is 0.760. The van der Waals surface area contributed by atoms with Crippen LogP contribution in [0.4, 0.5) is 0 Å². The second-order valence-corrected chi connectivity index (χ2v) is 5.09. The molecule has 112 valence electrons. The molecule has 0 radical (unpaired) electrons. The highest BCUT2D eigenvalue weighted by Crippen LogP contribution is 2.24. The summed E-state index contributed by atoms with van der Waals surface area (Å²) in [7, 11) is 1.45. The van der Waals surface area contributed by atoms with Gasteiger partial charge in [-0.05, 0) is 12.1 Å². The number of aromatic nitrogens is 2. The van der Waals surface area contributed by atoms with Crippen molar-refractivity contribution in [2.45, 2.75) is 26.7 Å². The maximum absolute atomic E-state index is 12.4. The summed E-state index contributed by atoms with van der Waals surface area (Å²) in [6, 6.07) is 7.41. The molecule has 0 fully saturated rings. The van der Waals surface area contributed by atoms with E-state index in [1.807, 2.05) is 13.8 Å². The Morgan fingerprint density at radius 1 is 1.45 bits per heavy atom. The van der Waals surface area contributed by atoms with Gasteiger partial charge in [0.15, 0.2) is 0 Å². The minimum absolute atomic E-state index is 0.146. The molecule has 1 aromatic heterocycles. The van der Waals surface area contributed by atoms with Crippen LogP contribution in [-0.2, 0) is 0 Å². The lowest BCUT2D eigenvalue weighted by molar-refractivity contribution is 0.0898. The number of nitriles is 1. The fourth-order valence-electron chi connectivity index (χ4n) is 2.10. The summed E-state index contributed by atoms with van der Waals surface area (Å²) >= 11 is 0. The number of hydrogen-bond donors (Lipinski definition) is 0. The molecule has 0 atom stereocenters. The van der Waals surface area contributed by atoms with Gasteiger partial charge in [-0.1, -0.05) is 19.9 Å². The van der Waals surface area contributed by atoms with Gasteiger partial charge in [-0.15, -0.1) is 11.8 Å². The summed E-state index contributed by atoms with van der Waals surface area (Å²) in [5.74, 6) is 6.16. The van der Waals surface area contributed by atoms with Crippen molar-refractivity contribution in [3.05, 3.63) is 23.8 Å². The SMILES string of the molecule is COc1nc2c(C#N)cccc2n1C(=O)CCC#CC(C)C. The van der Waals surface area contributed by atoms with Crippen LogP contribution in [0, 0.1) is 29.1 Å². The van der Waals surface area contributed by atoms with Gasteiger partial charge in [0.1, 0.15) is 11.6 Å². The first-order valence-electron chi connectivity index (χ1n) is 7.05. The molecule has 5 heteroatoms. The zero-order valence-corrected chi connectivity index (χ0v) is 12.9. The first-order valence-corrected chi connectivity index (χ1v) is 7.05. The first kappa shape index (κ1) is 15.6. The highest BCUT2D eigenvalue weighted by Gasteiger charge is 2.18. The fourth-order valence-corrected chi connectivity index (χ4v) is 2.10. The molecule has 22 heavy (non-hydrogen) atoms. The van der Waals surface area contributed by atoms with E-state index in [0.29, 0.717) is 23.0 Å². The van der Waals surface area contributed by atoms with Gasteiger partial charge in [0.25, 0.3) is 0 Å². The first-order chi connectivity index (χ1) is 10.6. The van der Waals surface area contributed by atoms with E-state index in [1.54, 1.807) is 18.2 Å². The van der Waals surface area contributed by atoms with Gasteiger partial charge < -0.3 is 4.74 Å². The van der Waals surface area contributed by atoms with Gasteiger partial charge >= 0.3 is 6.01 Å². The Morgan fingerprint density at radius 3 is 2.86 bits per heavy atom. The third-order valence-electron chi connectivity index (χ3n) is 3.06. The number of para-hydroxylation sites is 1. The Balaban J connectivity index is 2.36. The van der Waals surface area contributed by atoms with E-state index in [9.17, 15) is 4.79 Å². The lowest BCUT2D eigenvalue weighted by Crippen LogP contribution is -2.11. The van der Waals surface area contributed by atoms with Crippen molar-refractivity contribution < 1.29 is 9.53 Å². The number of imidazole rings is 1. The minimum atomic E-state index is -0.146. The molecule has 0 N–H and O–H groups in total. The molecule has 0 spiro atoms. The largest absolute Gasteiger partial charge is 0.468 e. The van der Waals surface area contributed by atoms with Crippen LogP contribution in [0.1, 0.15) is 37.0 Å². The van der Waals surface area contributed by atoms with Crippen molar-refractivity contribution in [3.8, 4) is 23.9 Å². The highest BCUT2D eigenvalue weighted by molar-refractivity contribution is 5.94. The normalized spacial score (nSPS) is 10.1. The highest BCUT2D eigenvalue weighted by atomic mass is 16.5. The number of rotatable bonds is 3. The topological polar surface area (TPSA) is 67.9 Å². The van der Waals surface area contributed by atoms with Crippen molar-refractivity contribution >= 4 is 16.9 Å². The van der Waals surface area contributed by atoms with E-state index < -0.39 is 0 Å². The minimum Gasteiger partial charge on any atom is -0.468 e. The molecule has 0 amide bonds. The lowest BCUT2D eigenvalue weighted by Gasteiger charge is -2.05. The number of methoxy groups -OCH3 is 1. The molecule has 0 aliphatic rings. The van der Waals surface area contributed by atoms with Crippen LogP contribution in [0.3, 0.4) is 0 Å². The van der Waals surface area contributed by atoms with E-state index in [1.165, 1.54) is 11.7 Å². The van der Waals surface area contributed by atoms with Crippen LogP contribution in [0.2, 0.25) is 0 Å². The molecule has 0 unspecified atom stereocenters. The van der Waals surface area contributed by atoms with Crippen molar-refractivity contribution in [1.29, 1.82) is 5.26 Å². The number of carbonyl (C=O) groups is 1. The van der Waals surface area contributed by atoms with Gasteiger partial charge in [-0.25, -0.2) is 4.57 Å². The second-order valence-electron chi connectivity index (χ2n) is 5.09. The van der Waals surface area contributed by atoms with Crippen LogP contribution in [0.15, 0.2) is 18.2 Å². The van der Waals surface area contributed by atoms with E-state index >= 15 is 0 Å². The van der Waals surface area contributed by atoms with Crippen LogP contribution in [-0.4, -0.2) is 22.6 Å². The standard InChI is InChI=1S/C17H17N3O2/c1-12(2)7-4-5-10-15(21)20-14-9-6-8-13(11-18)16(14)19-17(20)22-3/h6,8-9,12H,5,10H2,1-3H3. The van der Waals surface area contributed by atoms with Gasteiger partial charge in [0, 0.05) is 18.8 Å². The van der Waals surface area contributed by atoms with Crippen molar-refractivity contribution in [2.75, 3.05) is 7.11 Å². The quantitative estimate of drug-likeness (QED) is 0.816. The van der Waals surface area contributed by atoms with E-state index in [0.717, 1.165) is 0 Å². The van der Waals surface area contributed by atoms with Gasteiger partial charge in [-0.3, -0.25) is 4.79 Å². The van der Waals surface area contributed by atoms with Crippen LogP contribution in [0.25, 0.3) is 11.0 Å². The molecule has 0 aliphatic heterocycles. The average Bonchev–Trinajstić information content (AvgIpc) is 2.89. The van der Waals surface area contributed by atoms with Crippen LogP contribution >= 0.6 is 0 Å². The molecular weight excluding hydrogens is 278 g/mol.